The molecule has 9 nitrogen and oxygen atoms in total. The number of hydrogen-bond donors (Lipinski definition) is 1. The molecule has 0 bridgehead atoms. The summed E-state index contributed by atoms with van der Waals surface area (Å²) in [6, 6.07) is 14.4. The average Bonchev–Trinajstić information content (AvgIpc) is 3.74. The Bertz CT molecular complexity index is 1970. The predicted octanol–water partition coefficient (Wildman–Crippen LogP) is 4.60. The van der Waals surface area contributed by atoms with Gasteiger partial charge in [0.05, 0.1) is 10.6 Å². The third-order valence-electron chi connectivity index (χ3n) is 7.18. The minimum Gasteiger partial charge on any atom is -0.377 e. The molecule has 5 heterocycles. The lowest BCUT2D eigenvalue weighted by Gasteiger charge is -2.22. The van der Waals surface area contributed by atoms with Gasteiger partial charge in [-0.25, -0.2) is 32.3 Å². The smallest absolute Gasteiger partial charge is 0.269 e. The van der Waals surface area contributed by atoms with Crippen molar-refractivity contribution in [1.82, 2.24) is 28.5 Å². The van der Waals surface area contributed by atoms with Crippen LogP contribution < -0.4 is 0 Å². The molecule has 2 aromatic carbocycles. The SMILES string of the molecule is Cc1ccc(S(=O)(=O)n2cc(-c3nc(-c4cccc([C@@]5(O)CCn6ccnc65)c4)cs3)c3cncnc32)cc1. The Morgan fingerprint density at radius 3 is 2.79 bits per heavy atom. The number of fused-ring (bicyclic) bond motifs is 2. The lowest BCUT2D eigenvalue weighted by molar-refractivity contribution is 0.0786. The predicted molar refractivity (Wildman–Crippen MR) is 148 cm³/mol. The molecule has 0 saturated heterocycles. The first-order valence-electron chi connectivity index (χ1n) is 12.3. The molecule has 1 aliphatic rings. The van der Waals surface area contributed by atoms with Crippen LogP contribution in [-0.2, 0) is 22.2 Å². The van der Waals surface area contributed by atoms with Crippen LogP contribution in [0.25, 0.3) is 32.9 Å². The number of benzene rings is 2. The van der Waals surface area contributed by atoms with Gasteiger partial charge in [-0.05, 0) is 30.7 Å². The molecule has 0 amide bonds. The maximum Gasteiger partial charge on any atom is 0.269 e. The molecular weight excluding hydrogens is 532 g/mol. The average molecular weight is 555 g/mol. The highest BCUT2D eigenvalue weighted by atomic mass is 32.2. The Kier molecular flexibility index (Phi) is 5.31. The quantitative estimate of drug-likeness (QED) is 0.331. The van der Waals surface area contributed by atoms with E-state index in [2.05, 4.69) is 15.0 Å². The van der Waals surface area contributed by atoms with Crippen molar-refractivity contribution in [2.75, 3.05) is 0 Å². The highest BCUT2D eigenvalue weighted by molar-refractivity contribution is 7.90. The molecule has 39 heavy (non-hydrogen) atoms. The Morgan fingerprint density at radius 2 is 1.95 bits per heavy atom. The number of aromatic nitrogens is 6. The van der Waals surface area contributed by atoms with Gasteiger partial charge in [0.1, 0.15) is 22.8 Å². The van der Waals surface area contributed by atoms with Crippen LogP contribution in [0, 0.1) is 6.92 Å². The fourth-order valence-electron chi connectivity index (χ4n) is 5.10. The van der Waals surface area contributed by atoms with E-state index in [1.165, 1.54) is 21.6 Å². The van der Waals surface area contributed by atoms with Gasteiger partial charge in [-0.3, -0.25) is 0 Å². The minimum atomic E-state index is -3.89. The summed E-state index contributed by atoms with van der Waals surface area (Å²) in [7, 11) is -3.89. The molecule has 0 fully saturated rings. The van der Waals surface area contributed by atoms with E-state index >= 15 is 0 Å². The van der Waals surface area contributed by atoms with Gasteiger partial charge in [-0.1, -0.05) is 35.9 Å². The first kappa shape index (κ1) is 23.9. The Morgan fingerprint density at radius 1 is 1.10 bits per heavy atom. The normalized spacial score (nSPS) is 17.1. The number of rotatable bonds is 5. The summed E-state index contributed by atoms with van der Waals surface area (Å²) in [5.74, 6) is 0.640. The maximum atomic E-state index is 13.5. The van der Waals surface area contributed by atoms with Crippen molar-refractivity contribution >= 4 is 32.4 Å². The van der Waals surface area contributed by atoms with Gasteiger partial charge in [-0.2, -0.15) is 0 Å². The molecule has 0 unspecified atom stereocenters. The number of aliphatic hydroxyl groups is 1. The zero-order valence-corrected chi connectivity index (χ0v) is 22.4. The second-order valence-corrected chi connectivity index (χ2v) is 12.3. The Labute approximate surface area is 228 Å². The van der Waals surface area contributed by atoms with Crippen molar-refractivity contribution in [3.8, 4) is 21.8 Å². The van der Waals surface area contributed by atoms with Crippen molar-refractivity contribution in [3.05, 3.63) is 102 Å². The van der Waals surface area contributed by atoms with E-state index in [1.54, 1.807) is 42.9 Å². The Balaban J connectivity index is 1.29. The summed E-state index contributed by atoms with van der Waals surface area (Å²) in [6.07, 6.45) is 8.65. The van der Waals surface area contributed by atoms with Crippen LogP contribution in [-0.4, -0.2) is 42.0 Å². The number of aryl methyl sites for hydroxylation is 2. The minimum absolute atomic E-state index is 0.178. The zero-order chi connectivity index (χ0) is 26.8. The lowest BCUT2D eigenvalue weighted by Crippen LogP contribution is -2.25. The van der Waals surface area contributed by atoms with E-state index in [0.29, 0.717) is 40.4 Å². The van der Waals surface area contributed by atoms with Crippen molar-refractivity contribution < 1.29 is 13.5 Å². The zero-order valence-electron chi connectivity index (χ0n) is 20.8. The van der Waals surface area contributed by atoms with Crippen molar-refractivity contribution in [3.63, 3.8) is 0 Å². The first-order chi connectivity index (χ1) is 18.8. The van der Waals surface area contributed by atoms with E-state index in [0.717, 1.165) is 22.4 Å². The topological polar surface area (TPSA) is 116 Å². The maximum absolute atomic E-state index is 13.5. The van der Waals surface area contributed by atoms with E-state index < -0.39 is 15.6 Å². The summed E-state index contributed by atoms with van der Waals surface area (Å²) < 4.78 is 30.3. The van der Waals surface area contributed by atoms with Gasteiger partial charge >= 0.3 is 0 Å². The second kappa shape index (κ2) is 8.67. The van der Waals surface area contributed by atoms with Crippen molar-refractivity contribution in [2.45, 2.75) is 30.4 Å². The van der Waals surface area contributed by atoms with Crippen LogP contribution >= 0.6 is 11.3 Å². The highest BCUT2D eigenvalue weighted by Gasteiger charge is 2.40. The summed E-state index contributed by atoms with van der Waals surface area (Å²) in [6.45, 7) is 2.61. The van der Waals surface area contributed by atoms with E-state index in [4.69, 9.17) is 4.98 Å². The van der Waals surface area contributed by atoms with Gasteiger partial charge in [0.25, 0.3) is 10.0 Å². The van der Waals surface area contributed by atoms with Crippen LogP contribution in [0.2, 0.25) is 0 Å². The van der Waals surface area contributed by atoms with Gasteiger partial charge in [-0.15, -0.1) is 11.3 Å². The summed E-state index contributed by atoms with van der Waals surface area (Å²) in [4.78, 5) is 17.9. The van der Waals surface area contributed by atoms with Crippen molar-refractivity contribution in [2.24, 2.45) is 0 Å². The molecule has 0 radical (unpaired) electrons. The summed E-state index contributed by atoms with van der Waals surface area (Å²) >= 11 is 1.41. The van der Waals surface area contributed by atoms with E-state index in [9.17, 15) is 13.5 Å². The molecule has 194 valence electrons. The van der Waals surface area contributed by atoms with E-state index in [-0.39, 0.29) is 4.90 Å². The van der Waals surface area contributed by atoms with Crippen LogP contribution in [0.4, 0.5) is 0 Å². The number of nitrogens with zero attached hydrogens (tertiary/aromatic N) is 6. The molecule has 6 aromatic rings. The highest BCUT2D eigenvalue weighted by Crippen LogP contribution is 2.40. The largest absolute Gasteiger partial charge is 0.377 e. The van der Waals surface area contributed by atoms with Gasteiger partial charge in [0.15, 0.2) is 5.65 Å². The number of thiazole rings is 1. The molecular formula is C28H22N6O3S2. The molecule has 1 N–H and O–H groups in total. The van der Waals surface area contributed by atoms with Gasteiger partial charge in [0, 0.05) is 59.6 Å². The molecule has 0 spiro atoms. The van der Waals surface area contributed by atoms with Crippen LogP contribution in [0.1, 0.15) is 23.4 Å². The third kappa shape index (κ3) is 3.73. The molecule has 7 rings (SSSR count). The number of hydrogen-bond acceptors (Lipinski definition) is 8. The monoisotopic (exact) mass is 554 g/mol. The molecule has 1 atom stereocenters. The van der Waals surface area contributed by atoms with Gasteiger partial charge < -0.3 is 9.67 Å². The molecule has 0 saturated carbocycles. The van der Waals surface area contributed by atoms with Crippen LogP contribution in [0.5, 0.6) is 0 Å². The summed E-state index contributed by atoms with van der Waals surface area (Å²) in [5, 5.41) is 14.7. The third-order valence-corrected chi connectivity index (χ3v) is 9.72. The van der Waals surface area contributed by atoms with Crippen LogP contribution in [0.15, 0.2) is 89.9 Å². The molecule has 0 aliphatic carbocycles. The molecule has 4 aromatic heterocycles. The first-order valence-corrected chi connectivity index (χ1v) is 14.6. The van der Waals surface area contributed by atoms with Gasteiger partial charge in [0.2, 0.25) is 0 Å². The fraction of sp³-hybridized carbons (Fsp3) is 0.143. The fourth-order valence-corrected chi connectivity index (χ4v) is 7.28. The molecule has 11 heteroatoms. The standard InChI is InChI=1S/C28H22N6O3S2/c1-18-5-7-21(8-6-18)39(36,37)34-15-23(22-14-29-17-31-25(22)34)26-32-24(16-38-26)19-3-2-4-20(13-19)28(35)9-11-33-12-10-30-27(28)33/h2-8,10,12-17,35H,9,11H2,1H3/t28-/m0/s1. The Hall–Kier alpha value is -4.19. The van der Waals surface area contributed by atoms with Crippen LogP contribution in [0.3, 0.4) is 0 Å². The second-order valence-electron chi connectivity index (χ2n) is 9.59. The summed E-state index contributed by atoms with van der Waals surface area (Å²) in [5.41, 5.74) is 3.06. The molecule has 1 aliphatic heterocycles. The lowest BCUT2D eigenvalue weighted by atomic mass is 9.90. The number of imidazole rings is 1. The van der Waals surface area contributed by atoms with E-state index in [1.807, 2.05) is 47.3 Å². The van der Waals surface area contributed by atoms with Crippen molar-refractivity contribution in [1.29, 1.82) is 0 Å².